The Labute approximate surface area is 79.2 Å². The van der Waals surface area contributed by atoms with Gasteiger partial charge in [0.2, 0.25) is 0 Å². The maximum Gasteiger partial charge on any atom is 0.137 e. The van der Waals surface area contributed by atoms with E-state index >= 15 is 0 Å². The summed E-state index contributed by atoms with van der Waals surface area (Å²) in [6.45, 7) is 2.28. The van der Waals surface area contributed by atoms with Gasteiger partial charge in [0.15, 0.2) is 0 Å². The van der Waals surface area contributed by atoms with Crippen LogP contribution in [0.2, 0.25) is 0 Å². The number of ketones is 1. The van der Waals surface area contributed by atoms with E-state index in [0.29, 0.717) is 17.1 Å². The summed E-state index contributed by atoms with van der Waals surface area (Å²) in [5.74, 6) is 0.942. The molecule has 3 aliphatic carbocycles. The summed E-state index contributed by atoms with van der Waals surface area (Å²) >= 11 is 0. The Hall–Kier alpha value is -0.590. The van der Waals surface area contributed by atoms with Crippen molar-refractivity contribution in [3.63, 3.8) is 0 Å². The predicted octanol–water partition coefficient (Wildman–Crippen LogP) is 2.71. The predicted molar refractivity (Wildman–Crippen MR) is 51.3 cm³/mol. The summed E-state index contributed by atoms with van der Waals surface area (Å²) in [7, 11) is 0. The largest absolute Gasteiger partial charge is 0.299 e. The number of carbonyl (C=O) groups excluding carboxylic acids is 1. The van der Waals surface area contributed by atoms with E-state index in [-0.39, 0.29) is 5.41 Å². The lowest BCUT2D eigenvalue weighted by molar-refractivity contribution is -0.121. The molecule has 3 atom stereocenters. The van der Waals surface area contributed by atoms with Crippen LogP contribution in [-0.2, 0) is 4.79 Å². The molecule has 1 nitrogen and oxygen atoms in total. The normalized spacial score (nSPS) is 52.7. The first kappa shape index (κ1) is 7.78. The Balaban J connectivity index is 2.01. The zero-order chi connectivity index (χ0) is 9.10. The Morgan fingerprint density at radius 1 is 1.46 bits per heavy atom. The Morgan fingerprint density at radius 2 is 2.31 bits per heavy atom. The van der Waals surface area contributed by atoms with Crippen LogP contribution in [0, 0.1) is 16.7 Å². The van der Waals surface area contributed by atoms with Crippen LogP contribution in [-0.4, -0.2) is 5.78 Å². The van der Waals surface area contributed by atoms with Crippen LogP contribution in [0.4, 0.5) is 0 Å². The zero-order valence-electron chi connectivity index (χ0n) is 8.18. The highest BCUT2D eigenvalue weighted by atomic mass is 16.1. The number of hydrogen-bond donors (Lipinski definition) is 0. The minimum atomic E-state index is 0.268. The van der Waals surface area contributed by atoms with Gasteiger partial charge in [-0.25, -0.2) is 0 Å². The van der Waals surface area contributed by atoms with Crippen molar-refractivity contribution in [3.8, 4) is 0 Å². The van der Waals surface area contributed by atoms with Crippen LogP contribution in [0.3, 0.4) is 0 Å². The minimum Gasteiger partial charge on any atom is -0.299 e. The smallest absolute Gasteiger partial charge is 0.137 e. The number of rotatable bonds is 0. The summed E-state index contributed by atoms with van der Waals surface area (Å²) in [6, 6.07) is 0. The van der Waals surface area contributed by atoms with Crippen molar-refractivity contribution in [2.24, 2.45) is 16.7 Å². The van der Waals surface area contributed by atoms with Gasteiger partial charge in [0.25, 0.3) is 0 Å². The summed E-state index contributed by atoms with van der Waals surface area (Å²) in [6.07, 6.45) is 10.3. The first-order valence-electron chi connectivity index (χ1n) is 5.41. The number of Topliss-reactive ketones (excluding diaryl/α,β-unsaturated/α-hetero) is 1. The number of fused-ring (bicyclic) bond motifs is 1. The van der Waals surface area contributed by atoms with Gasteiger partial charge in [0.05, 0.1) is 0 Å². The van der Waals surface area contributed by atoms with Crippen molar-refractivity contribution < 1.29 is 4.79 Å². The van der Waals surface area contributed by atoms with Crippen LogP contribution in [0.5, 0.6) is 0 Å². The highest BCUT2D eigenvalue weighted by Crippen LogP contribution is 2.78. The topological polar surface area (TPSA) is 17.1 Å². The van der Waals surface area contributed by atoms with Crippen LogP contribution in [0.25, 0.3) is 0 Å². The maximum atomic E-state index is 11.8. The van der Waals surface area contributed by atoms with Crippen molar-refractivity contribution in [1.29, 1.82) is 0 Å². The third-order valence-electron chi connectivity index (χ3n) is 4.71. The van der Waals surface area contributed by atoms with Gasteiger partial charge >= 0.3 is 0 Å². The van der Waals surface area contributed by atoms with Crippen molar-refractivity contribution in [2.45, 2.75) is 39.0 Å². The van der Waals surface area contributed by atoms with Crippen LogP contribution in [0.15, 0.2) is 12.2 Å². The minimum absolute atomic E-state index is 0.268. The molecule has 0 saturated heterocycles. The lowest BCUT2D eigenvalue weighted by atomic mass is 9.91. The summed E-state index contributed by atoms with van der Waals surface area (Å²) in [5, 5.41) is 0. The second-order valence-corrected chi connectivity index (χ2v) is 5.15. The Morgan fingerprint density at radius 3 is 3.15 bits per heavy atom. The summed E-state index contributed by atoms with van der Waals surface area (Å²) < 4.78 is 0. The van der Waals surface area contributed by atoms with E-state index in [2.05, 4.69) is 19.1 Å². The third-order valence-corrected chi connectivity index (χ3v) is 4.71. The zero-order valence-corrected chi connectivity index (χ0v) is 8.18. The monoisotopic (exact) mass is 176 g/mol. The lowest BCUT2D eigenvalue weighted by Crippen LogP contribution is -2.06. The van der Waals surface area contributed by atoms with Crippen LogP contribution in [0.1, 0.15) is 39.0 Å². The van der Waals surface area contributed by atoms with Crippen molar-refractivity contribution >= 4 is 5.78 Å². The van der Waals surface area contributed by atoms with Crippen molar-refractivity contribution in [1.82, 2.24) is 0 Å². The first-order chi connectivity index (χ1) is 6.21. The molecule has 1 heteroatoms. The van der Waals surface area contributed by atoms with Crippen molar-refractivity contribution in [2.75, 3.05) is 0 Å². The van der Waals surface area contributed by atoms with Gasteiger partial charge in [0.1, 0.15) is 5.78 Å². The molecule has 3 aliphatic rings. The Kier molecular flexibility index (Phi) is 1.24. The van der Waals surface area contributed by atoms with Gasteiger partial charge in [-0.05, 0) is 24.7 Å². The molecule has 0 aromatic rings. The molecule has 1 spiro atoms. The number of hydrogen-bond acceptors (Lipinski definition) is 1. The van der Waals surface area contributed by atoms with E-state index in [1.165, 1.54) is 19.3 Å². The van der Waals surface area contributed by atoms with E-state index in [4.69, 9.17) is 0 Å². The van der Waals surface area contributed by atoms with Gasteiger partial charge in [-0.1, -0.05) is 25.5 Å². The third kappa shape index (κ3) is 0.685. The Bertz CT molecular complexity index is 304. The molecule has 0 unspecified atom stereocenters. The molecule has 70 valence electrons. The molecule has 0 aromatic carbocycles. The molecule has 2 saturated carbocycles. The molecule has 0 aromatic heterocycles. The van der Waals surface area contributed by atoms with Crippen molar-refractivity contribution in [3.05, 3.63) is 12.2 Å². The first-order valence-corrected chi connectivity index (χ1v) is 5.41. The van der Waals surface area contributed by atoms with E-state index in [1.807, 2.05) is 0 Å². The lowest BCUT2D eigenvalue weighted by Gasteiger charge is -2.12. The molecule has 0 N–H and O–H groups in total. The second kappa shape index (κ2) is 2.08. The van der Waals surface area contributed by atoms with Gasteiger partial charge in [0, 0.05) is 17.8 Å². The number of carbonyl (C=O) groups is 1. The molecule has 0 bridgehead atoms. The quantitative estimate of drug-likeness (QED) is 0.519. The SMILES string of the molecule is C[C@@]12C=CC[C@@]13CCCCC(=O)[C@@H]32. The van der Waals surface area contributed by atoms with Crippen LogP contribution < -0.4 is 0 Å². The molecule has 0 radical (unpaired) electrons. The van der Waals surface area contributed by atoms with E-state index < -0.39 is 0 Å². The molecule has 3 rings (SSSR count). The van der Waals surface area contributed by atoms with Crippen LogP contribution >= 0.6 is 0 Å². The molecule has 0 amide bonds. The average molecular weight is 176 g/mol. The molecular weight excluding hydrogens is 160 g/mol. The fourth-order valence-electron chi connectivity index (χ4n) is 3.95. The fraction of sp³-hybridized carbons (Fsp3) is 0.750. The number of allylic oxidation sites excluding steroid dienone is 2. The average Bonchev–Trinajstić information content (AvgIpc) is 2.53. The summed E-state index contributed by atoms with van der Waals surface area (Å²) in [5.41, 5.74) is 0.658. The maximum absolute atomic E-state index is 11.8. The van der Waals surface area contributed by atoms with E-state index in [0.717, 1.165) is 12.8 Å². The molecule has 13 heavy (non-hydrogen) atoms. The van der Waals surface area contributed by atoms with Gasteiger partial charge in [-0.2, -0.15) is 0 Å². The summed E-state index contributed by atoms with van der Waals surface area (Å²) in [4.78, 5) is 11.8. The van der Waals surface area contributed by atoms with E-state index in [1.54, 1.807) is 0 Å². The van der Waals surface area contributed by atoms with Gasteiger partial charge in [-0.15, -0.1) is 0 Å². The van der Waals surface area contributed by atoms with Gasteiger partial charge in [-0.3, -0.25) is 4.79 Å². The van der Waals surface area contributed by atoms with E-state index in [9.17, 15) is 4.79 Å². The van der Waals surface area contributed by atoms with Gasteiger partial charge < -0.3 is 0 Å². The second-order valence-electron chi connectivity index (χ2n) is 5.15. The fourth-order valence-corrected chi connectivity index (χ4v) is 3.95. The molecule has 2 fully saturated rings. The molecule has 0 heterocycles. The molecule has 0 aliphatic heterocycles. The highest BCUT2D eigenvalue weighted by molar-refractivity contribution is 5.88. The molecular formula is C12H16O. The standard InChI is InChI=1S/C12H16O/c1-11-6-4-8-12(11)7-3-2-5-9(13)10(11)12/h4,6,10H,2-3,5,7-8H2,1H3/t10-,11+,12-/m1/s1. The highest BCUT2D eigenvalue weighted by Gasteiger charge is 2.75.